The van der Waals surface area contributed by atoms with Crippen molar-refractivity contribution in [1.29, 1.82) is 0 Å². The van der Waals surface area contributed by atoms with Crippen LogP contribution in [0.25, 0.3) is 0 Å². The van der Waals surface area contributed by atoms with Crippen LogP contribution in [0.4, 0.5) is 0 Å². The van der Waals surface area contributed by atoms with Crippen molar-refractivity contribution >= 4 is 25.6 Å². The first-order valence-electron chi connectivity index (χ1n) is 6.25. The van der Waals surface area contributed by atoms with Gasteiger partial charge in [-0.15, -0.1) is 0 Å². The van der Waals surface area contributed by atoms with E-state index in [1.165, 1.54) is 12.1 Å². The standard InChI is InChI=1S/C13H18ClNO4S/c1-4-7-15-13(16)10(3)19-11-6-5-9(2)8-12(11)20(14,17)18/h5-6,8,10H,4,7H2,1-3H3,(H,15,16). The van der Waals surface area contributed by atoms with Gasteiger partial charge >= 0.3 is 0 Å². The molecule has 0 radical (unpaired) electrons. The van der Waals surface area contributed by atoms with Crippen molar-refractivity contribution in [2.45, 2.75) is 38.2 Å². The lowest BCUT2D eigenvalue weighted by Crippen LogP contribution is -2.36. The summed E-state index contributed by atoms with van der Waals surface area (Å²) in [6.07, 6.45) is 0.00558. The van der Waals surface area contributed by atoms with Crippen molar-refractivity contribution in [3.05, 3.63) is 23.8 Å². The average molecular weight is 320 g/mol. The molecular weight excluding hydrogens is 302 g/mol. The van der Waals surface area contributed by atoms with Gasteiger partial charge in [-0.3, -0.25) is 4.79 Å². The van der Waals surface area contributed by atoms with E-state index in [1.807, 2.05) is 6.92 Å². The van der Waals surface area contributed by atoms with Gasteiger partial charge in [0, 0.05) is 17.2 Å². The molecule has 1 rings (SSSR count). The Kier molecular flexibility index (Phi) is 5.83. The molecule has 20 heavy (non-hydrogen) atoms. The second kappa shape index (κ2) is 6.95. The summed E-state index contributed by atoms with van der Waals surface area (Å²) in [5.41, 5.74) is 0.736. The van der Waals surface area contributed by atoms with Crippen LogP contribution in [-0.2, 0) is 13.8 Å². The molecule has 0 aliphatic rings. The zero-order chi connectivity index (χ0) is 15.3. The Hall–Kier alpha value is -1.27. The van der Waals surface area contributed by atoms with Gasteiger partial charge in [0.25, 0.3) is 15.0 Å². The number of aryl methyl sites for hydroxylation is 1. The highest BCUT2D eigenvalue weighted by molar-refractivity contribution is 8.13. The largest absolute Gasteiger partial charge is 0.479 e. The SMILES string of the molecule is CCCNC(=O)C(C)Oc1ccc(C)cc1S(=O)(=O)Cl. The van der Waals surface area contributed by atoms with Crippen LogP contribution in [0.3, 0.4) is 0 Å². The Morgan fingerprint density at radius 1 is 1.45 bits per heavy atom. The molecule has 7 heteroatoms. The Balaban J connectivity index is 2.95. The molecule has 0 saturated heterocycles. The topological polar surface area (TPSA) is 72.5 Å². The van der Waals surface area contributed by atoms with Crippen molar-refractivity contribution in [2.24, 2.45) is 0 Å². The van der Waals surface area contributed by atoms with Crippen LogP contribution in [0.5, 0.6) is 5.75 Å². The monoisotopic (exact) mass is 319 g/mol. The normalized spacial score (nSPS) is 12.8. The molecule has 0 aromatic heterocycles. The van der Waals surface area contributed by atoms with E-state index in [9.17, 15) is 13.2 Å². The third kappa shape index (κ3) is 4.68. The molecule has 1 atom stereocenters. The van der Waals surface area contributed by atoms with Gasteiger partial charge in [-0.2, -0.15) is 0 Å². The first kappa shape index (κ1) is 16.8. The molecule has 5 nitrogen and oxygen atoms in total. The molecule has 1 unspecified atom stereocenters. The highest BCUT2D eigenvalue weighted by atomic mass is 35.7. The summed E-state index contributed by atoms with van der Waals surface area (Å²) in [5, 5.41) is 2.68. The average Bonchev–Trinajstić information content (AvgIpc) is 2.36. The predicted molar refractivity (Wildman–Crippen MR) is 77.6 cm³/mol. The van der Waals surface area contributed by atoms with E-state index in [2.05, 4.69) is 5.32 Å². The van der Waals surface area contributed by atoms with Crippen LogP contribution in [0, 0.1) is 6.92 Å². The van der Waals surface area contributed by atoms with Gasteiger partial charge in [0.1, 0.15) is 10.6 Å². The zero-order valence-electron chi connectivity index (χ0n) is 11.6. The lowest BCUT2D eigenvalue weighted by atomic mass is 10.2. The van der Waals surface area contributed by atoms with Gasteiger partial charge in [-0.25, -0.2) is 8.42 Å². The number of nitrogens with one attached hydrogen (secondary N) is 1. The molecule has 0 spiro atoms. The fourth-order valence-corrected chi connectivity index (χ4v) is 2.58. The van der Waals surface area contributed by atoms with E-state index in [4.69, 9.17) is 15.4 Å². The van der Waals surface area contributed by atoms with E-state index in [0.29, 0.717) is 6.54 Å². The molecule has 112 valence electrons. The lowest BCUT2D eigenvalue weighted by Gasteiger charge is -2.16. The Labute approximate surface area is 123 Å². The minimum Gasteiger partial charge on any atom is -0.479 e. The molecule has 1 N–H and O–H groups in total. The van der Waals surface area contributed by atoms with Crippen LogP contribution in [-0.4, -0.2) is 27.0 Å². The van der Waals surface area contributed by atoms with Crippen molar-refractivity contribution in [2.75, 3.05) is 6.54 Å². The maximum atomic E-state index is 11.7. The molecule has 0 bridgehead atoms. The van der Waals surface area contributed by atoms with Gasteiger partial charge in [0.05, 0.1) is 0 Å². The number of benzene rings is 1. The number of rotatable bonds is 6. The van der Waals surface area contributed by atoms with Crippen LogP contribution in [0.2, 0.25) is 0 Å². The van der Waals surface area contributed by atoms with Gasteiger partial charge in [-0.1, -0.05) is 13.0 Å². The Morgan fingerprint density at radius 3 is 2.65 bits per heavy atom. The number of carbonyl (C=O) groups is 1. The first-order chi connectivity index (χ1) is 9.25. The Morgan fingerprint density at radius 2 is 2.10 bits per heavy atom. The summed E-state index contributed by atoms with van der Waals surface area (Å²) in [5.74, 6) is -0.227. The summed E-state index contributed by atoms with van der Waals surface area (Å²) >= 11 is 0. The molecule has 0 aliphatic carbocycles. The van der Waals surface area contributed by atoms with Crippen molar-refractivity contribution in [3.8, 4) is 5.75 Å². The summed E-state index contributed by atoms with van der Waals surface area (Å²) in [6.45, 7) is 5.77. The summed E-state index contributed by atoms with van der Waals surface area (Å²) in [4.78, 5) is 11.6. The third-order valence-electron chi connectivity index (χ3n) is 2.58. The third-order valence-corrected chi connectivity index (χ3v) is 3.93. The minimum atomic E-state index is -3.93. The van der Waals surface area contributed by atoms with E-state index in [1.54, 1.807) is 19.9 Å². The van der Waals surface area contributed by atoms with Gasteiger partial charge in [0.2, 0.25) is 0 Å². The van der Waals surface area contributed by atoms with Crippen LogP contribution in [0.15, 0.2) is 23.1 Å². The van der Waals surface area contributed by atoms with E-state index in [0.717, 1.165) is 12.0 Å². The maximum absolute atomic E-state index is 11.7. The van der Waals surface area contributed by atoms with E-state index < -0.39 is 15.2 Å². The molecule has 1 amide bonds. The second-order valence-electron chi connectivity index (χ2n) is 4.44. The lowest BCUT2D eigenvalue weighted by molar-refractivity contribution is -0.127. The van der Waals surface area contributed by atoms with Crippen LogP contribution in [0.1, 0.15) is 25.8 Å². The van der Waals surface area contributed by atoms with Crippen LogP contribution >= 0.6 is 10.7 Å². The molecule has 0 heterocycles. The molecule has 1 aromatic carbocycles. The molecule has 0 saturated carbocycles. The minimum absolute atomic E-state index is 0.0738. The number of hydrogen-bond acceptors (Lipinski definition) is 4. The summed E-state index contributed by atoms with van der Waals surface area (Å²) in [6, 6.07) is 4.60. The number of carbonyl (C=O) groups excluding carboxylic acids is 1. The van der Waals surface area contributed by atoms with E-state index in [-0.39, 0.29) is 16.6 Å². The second-order valence-corrected chi connectivity index (χ2v) is 6.97. The number of ether oxygens (including phenoxy) is 1. The Bertz CT molecular complexity index is 586. The fraction of sp³-hybridized carbons (Fsp3) is 0.462. The maximum Gasteiger partial charge on any atom is 0.264 e. The number of halogens is 1. The molecule has 0 aliphatic heterocycles. The van der Waals surface area contributed by atoms with Crippen LogP contribution < -0.4 is 10.1 Å². The summed E-state index contributed by atoms with van der Waals surface area (Å²) < 4.78 is 28.4. The van der Waals surface area contributed by atoms with Gasteiger partial charge < -0.3 is 10.1 Å². The first-order valence-corrected chi connectivity index (χ1v) is 8.56. The predicted octanol–water partition coefficient (Wildman–Crippen LogP) is 2.22. The quantitative estimate of drug-likeness (QED) is 0.816. The zero-order valence-corrected chi connectivity index (χ0v) is 13.2. The van der Waals surface area contributed by atoms with Gasteiger partial charge in [-0.05, 0) is 38.0 Å². The molecule has 1 aromatic rings. The van der Waals surface area contributed by atoms with Crippen molar-refractivity contribution in [1.82, 2.24) is 5.32 Å². The summed E-state index contributed by atoms with van der Waals surface area (Å²) in [7, 11) is 1.45. The fourth-order valence-electron chi connectivity index (χ4n) is 1.54. The number of hydrogen-bond donors (Lipinski definition) is 1. The highest BCUT2D eigenvalue weighted by Crippen LogP contribution is 2.28. The van der Waals surface area contributed by atoms with E-state index >= 15 is 0 Å². The molecule has 0 fully saturated rings. The van der Waals surface area contributed by atoms with Crippen molar-refractivity contribution in [3.63, 3.8) is 0 Å². The molecular formula is C13H18ClNO4S. The number of amides is 1. The highest BCUT2D eigenvalue weighted by Gasteiger charge is 2.21. The van der Waals surface area contributed by atoms with Crippen molar-refractivity contribution < 1.29 is 17.9 Å². The van der Waals surface area contributed by atoms with Gasteiger partial charge in [0.15, 0.2) is 6.10 Å². The smallest absolute Gasteiger partial charge is 0.264 e.